The van der Waals surface area contributed by atoms with Crippen LogP contribution in [0.4, 0.5) is 8.78 Å². The minimum absolute atomic E-state index is 0.0229. The van der Waals surface area contributed by atoms with Gasteiger partial charge < -0.3 is 15.5 Å². The van der Waals surface area contributed by atoms with Crippen molar-refractivity contribution in [3.63, 3.8) is 0 Å². The normalized spacial score (nSPS) is 14.1. The molecule has 5 nitrogen and oxygen atoms in total. The van der Waals surface area contributed by atoms with Gasteiger partial charge in [0.2, 0.25) is 6.43 Å². The highest BCUT2D eigenvalue weighted by molar-refractivity contribution is 7.16. The molecule has 0 bridgehead atoms. The molecular formula is C12H15F2NO4S. The monoisotopic (exact) mass is 307 g/mol. The highest BCUT2D eigenvalue weighted by atomic mass is 32.1. The molecule has 1 aromatic rings. The van der Waals surface area contributed by atoms with Crippen molar-refractivity contribution in [3.05, 3.63) is 21.4 Å². The maximum absolute atomic E-state index is 12.4. The standard InChI is InChI=1S/C12H15F2NO4S/c1-6-3-7(20-9(6)11(18)19)10(17)15-12(2,5-16)4-8(13)14/h3,8,16H,4-5H2,1-2H3,(H,15,17)(H,18,19). The molecule has 0 radical (unpaired) electrons. The predicted octanol–water partition coefficient (Wildman–Crippen LogP) is 1.89. The molecule has 0 aliphatic carbocycles. The van der Waals surface area contributed by atoms with Gasteiger partial charge in [0.25, 0.3) is 5.91 Å². The van der Waals surface area contributed by atoms with E-state index in [0.29, 0.717) is 5.56 Å². The number of carboxylic acids is 1. The first-order valence-corrected chi connectivity index (χ1v) is 6.55. The third-order valence-corrected chi connectivity index (χ3v) is 3.93. The molecule has 1 amide bonds. The summed E-state index contributed by atoms with van der Waals surface area (Å²) >= 11 is 0.765. The molecule has 0 aliphatic rings. The van der Waals surface area contributed by atoms with Gasteiger partial charge in [-0.05, 0) is 25.5 Å². The van der Waals surface area contributed by atoms with Crippen LogP contribution in [0.25, 0.3) is 0 Å². The zero-order valence-corrected chi connectivity index (χ0v) is 11.8. The number of thiophene rings is 1. The summed E-state index contributed by atoms with van der Waals surface area (Å²) in [4.78, 5) is 23.0. The number of carboxylic acid groups (broad SMARTS) is 1. The number of amides is 1. The predicted molar refractivity (Wildman–Crippen MR) is 69.6 cm³/mol. The topological polar surface area (TPSA) is 86.6 Å². The Morgan fingerprint density at radius 3 is 2.50 bits per heavy atom. The van der Waals surface area contributed by atoms with Gasteiger partial charge in [-0.15, -0.1) is 11.3 Å². The van der Waals surface area contributed by atoms with Gasteiger partial charge in [-0.25, -0.2) is 13.6 Å². The van der Waals surface area contributed by atoms with Crippen molar-refractivity contribution in [1.82, 2.24) is 5.32 Å². The summed E-state index contributed by atoms with van der Waals surface area (Å²) in [5.41, 5.74) is -1.03. The molecule has 1 aromatic heterocycles. The van der Waals surface area contributed by atoms with Gasteiger partial charge in [0, 0.05) is 6.42 Å². The van der Waals surface area contributed by atoms with Crippen LogP contribution in [0.15, 0.2) is 6.07 Å². The number of nitrogens with one attached hydrogen (secondary N) is 1. The van der Waals surface area contributed by atoms with Crippen LogP contribution in [0.5, 0.6) is 0 Å². The molecule has 0 saturated heterocycles. The lowest BCUT2D eigenvalue weighted by molar-refractivity contribution is 0.0587. The third-order valence-electron chi connectivity index (χ3n) is 2.70. The van der Waals surface area contributed by atoms with Crippen LogP contribution in [0, 0.1) is 6.92 Å². The molecule has 112 valence electrons. The summed E-state index contributed by atoms with van der Waals surface area (Å²) in [5, 5.41) is 20.4. The van der Waals surface area contributed by atoms with E-state index in [4.69, 9.17) is 10.2 Å². The van der Waals surface area contributed by atoms with E-state index in [9.17, 15) is 18.4 Å². The number of aliphatic hydroxyl groups excluding tert-OH is 1. The molecular weight excluding hydrogens is 292 g/mol. The van der Waals surface area contributed by atoms with Crippen molar-refractivity contribution in [2.75, 3.05) is 6.61 Å². The molecule has 1 atom stereocenters. The number of carbonyl (C=O) groups is 2. The van der Waals surface area contributed by atoms with E-state index < -0.39 is 36.9 Å². The number of halogens is 2. The average molecular weight is 307 g/mol. The Bertz CT molecular complexity index is 518. The zero-order valence-electron chi connectivity index (χ0n) is 10.9. The van der Waals surface area contributed by atoms with Crippen LogP contribution >= 0.6 is 11.3 Å². The second-order valence-corrected chi connectivity index (χ2v) is 5.75. The average Bonchev–Trinajstić information content (AvgIpc) is 2.70. The number of rotatable bonds is 6. The second kappa shape index (κ2) is 6.27. The molecule has 1 unspecified atom stereocenters. The molecule has 3 N–H and O–H groups in total. The quantitative estimate of drug-likeness (QED) is 0.749. The molecule has 1 rings (SSSR count). The number of hydrogen-bond acceptors (Lipinski definition) is 4. The van der Waals surface area contributed by atoms with Crippen molar-refractivity contribution in [2.45, 2.75) is 32.2 Å². The Morgan fingerprint density at radius 2 is 2.10 bits per heavy atom. The van der Waals surface area contributed by atoms with Crippen LogP contribution in [-0.4, -0.2) is 40.7 Å². The van der Waals surface area contributed by atoms with Gasteiger partial charge in [-0.2, -0.15) is 0 Å². The molecule has 0 spiro atoms. The Kier molecular flexibility index (Phi) is 5.18. The summed E-state index contributed by atoms with van der Waals surface area (Å²) in [6.45, 7) is 2.20. The minimum atomic E-state index is -2.67. The largest absolute Gasteiger partial charge is 0.477 e. The van der Waals surface area contributed by atoms with Gasteiger partial charge in [0.15, 0.2) is 0 Å². The fourth-order valence-electron chi connectivity index (χ4n) is 1.64. The summed E-state index contributed by atoms with van der Waals surface area (Å²) < 4.78 is 24.8. The number of hydrogen-bond donors (Lipinski definition) is 3. The van der Waals surface area contributed by atoms with Gasteiger partial charge in [-0.1, -0.05) is 0 Å². The van der Waals surface area contributed by atoms with E-state index in [0.717, 1.165) is 11.3 Å². The first-order chi connectivity index (χ1) is 9.18. The van der Waals surface area contributed by atoms with Gasteiger partial charge in [-0.3, -0.25) is 4.79 Å². The van der Waals surface area contributed by atoms with Crippen LogP contribution in [0.1, 0.15) is 38.3 Å². The molecule has 0 aromatic carbocycles. The van der Waals surface area contributed by atoms with Crippen molar-refractivity contribution < 1.29 is 28.6 Å². The van der Waals surface area contributed by atoms with E-state index in [1.165, 1.54) is 13.0 Å². The maximum atomic E-state index is 12.4. The molecule has 20 heavy (non-hydrogen) atoms. The number of aromatic carboxylic acids is 1. The Labute approximate surface area is 118 Å². The number of aliphatic hydroxyl groups is 1. The molecule has 1 heterocycles. The fourth-order valence-corrected chi connectivity index (χ4v) is 2.54. The molecule has 0 saturated carbocycles. The maximum Gasteiger partial charge on any atom is 0.346 e. The lowest BCUT2D eigenvalue weighted by Crippen LogP contribution is -2.50. The number of aryl methyl sites for hydroxylation is 1. The second-order valence-electron chi connectivity index (χ2n) is 4.70. The first-order valence-electron chi connectivity index (χ1n) is 5.74. The van der Waals surface area contributed by atoms with E-state index in [1.807, 2.05) is 0 Å². The van der Waals surface area contributed by atoms with Crippen LogP contribution < -0.4 is 5.32 Å². The van der Waals surface area contributed by atoms with Crippen LogP contribution in [0.3, 0.4) is 0 Å². The van der Waals surface area contributed by atoms with Crippen LogP contribution in [0.2, 0.25) is 0 Å². The van der Waals surface area contributed by atoms with Crippen molar-refractivity contribution in [1.29, 1.82) is 0 Å². The van der Waals surface area contributed by atoms with Gasteiger partial charge >= 0.3 is 5.97 Å². The molecule has 0 fully saturated rings. The Balaban J connectivity index is 2.90. The first kappa shape index (κ1) is 16.5. The molecule has 8 heteroatoms. The van der Waals surface area contributed by atoms with Gasteiger partial charge in [0.1, 0.15) is 4.88 Å². The van der Waals surface area contributed by atoms with Crippen molar-refractivity contribution in [3.8, 4) is 0 Å². The number of alkyl halides is 2. The van der Waals surface area contributed by atoms with Gasteiger partial charge in [0.05, 0.1) is 17.0 Å². The van der Waals surface area contributed by atoms with E-state index in [-0.39, 0.29) is 9.75 Å². The fraction of sp³-hybridized carbons (Fsp3) is 0.500. The van der Waals surface area contributed by atoms with E-state index in [1.54, 1.807) is 6.92 Å². The molecule has 0 aliphatic heterocycles. The zero-order chi connectivity index (χ0) is 15.5. The minimum Gasteiger partial charge on any atom is -0.477 e. The Morgan fingerprint density at radius 1 is 1.50 bits per heavy atom. The number of carbonyl (C=O) groups excluding carboxylic acids is 1. The van der Waals surface area contributed by atoms with Crippen molar-refractivity contribution >= 4 is 23.2 Å². The Hall–Kier alpha value is -1.54. The highest BCUT2D eigenvalue weighted by Crippen LogP contribution is 2.23. The highest BCUT2D eigenvalue weighted by Gasteiger charge is 2.30. The third kappa shape index (κ3) is 3.97. The smallest absolute Gasteiger partial charge is 0.346 e. The lowest BCUT2D eigenvalue weighted by atomic mass is 9.99. The summed E-state index contributed by atoms with van der Waals surface area (Å²) in [6, 6.07) is 1.38. The lowest BCUT2D eigenvalue weighted by Gasteiger charge is -2.28. The summed E-state index contributed by atoms with van der Waals surface area (Å²) in [7, 11) is 0. The summed E-state index contributed by atoms with van der Waals surface area (Å²) in [5.74, 6) is -1.83. The van der Waals surface area contributed by atoms with E-state index in [2.05, 4.69) is 5.32 Å². The van der Waals surface area contributed by atoms with E-state index >= 15 is 0 Å². The van der Waals surface area contributed by atoms with Crippen LogP contribution in [-0.2, 0) is 0 Å². The summed E-state index contributed by atoms with van der Waals surface area (Å²) in [6.07, 6.45) is -3.36. The SMILES string of the molecule is Cc1cc(C(=O)NC(C)(CO)CC(F)F)sc1C(=O)O. The van der Waals surface area contributed by atoms with Crippen molar-refractivity contribution in [2.24, 2.45) is 0 Å².